The normalized spacial score (nSPS) is 11.3. The Bertz CT molecular complexity index is 1460. The van der Waals surface area contributed by atoms with Crippen LogP contribution in [0.2, 0.25) is 0 Å². The quantitative estimate of drug-likeness (QED) is 0.421. The zero-order valence-corrected chi connectivity index (χ0v) is 19.5. The maximum atomic E-state index is 13.1. The van der Waals surface area contributed by atoms with Gasteiger partial charge in [0.1, 0.15) is 17.1 Å². The van der Waals surface area contributed by atoms with Crippen LogP contribution in [0, 0.1) is 20.8 Å². The molecule has 0 spiro atoms. The number of aromatic nitrogens is 2. The molecule has 0 fully saturated rings. The number of hydrogen-bond acceptors (Lipinski definition) is 8. The summed E-state index contributed by atoms with van der Waals surface area (Å²) in [5, 5.41) is -0.378. The van der Waals surface area contributed by atoms with Gasteiger partial charge in [-0.2, -0.15) is 8.42 Å². The summed E-state index contributed by atoms with van der Waals surface area (Å²) in [4.78, 5) is 21.3. The molecule has 34 heavy (non-hydrogen) atoms. The van der Waals surface area contributed by atoms with Gasteiger partial charge in [0, 0.05) is 5.56 Å². The van der Waals surface area contributed by atoms with Crippen molar-refractivity contribution in [3.63, 3.8) is 0 Å². The van der Waals surface area contributed by atoms with Crippen molar-refractivity contribution in [2.24, 2.45) is 0 Å². The van der Waals surface area contributed by atoms with E-state index in [1.807, 2.05) is 37.6 Å². The van der Waals surface area contributed by atoms with Crippen molar-refractivity contribution in [3.05, 3.63) is 83.3 Å². The molecule has 174 valence electrons. The first-order chi connectivity index (χ1) is 16.1. The second-order valence-corrected chi connectivity index (χ2v) is 9.36. The second-order valence-electron chi connectivity index (χ2n) is 7.73. The van der Waals surface area contributed by atoms with Gasteiger partial charge < -0.3 is 14.9 Å². The molecular weight excluding hydrogens is 456 g/mol. The highest BCUT2D eigenvalue weighted by Gasteiger charge is 2.25. The molecule has 1 aromatic carbocycles. The summed E-state index contributed by atoms with van der Waals surface area (Å²) in [5.41, 5.74) is 9.42. The van der Waals surface area contributed by atoms with Crippen LogP contribution < -0.4 is 15.2 Å². The minimum absolute atomic E-state index is 0.01000. The highest BCUT2D eigenvalue weighted by atomic mass is 32.2. The number of benzene rings is 1. The number of amides is 1. The van der Waals surface area contributed by atoms with E-state index < -0.39 is 15.9 Å². The van der Waals surface area contributed by atoms with Gasteiger partial charge in [0.15, 0.2) is 5.03 Å². The van der Waals surface area contributed by atoms with E-state index >= 15 is 0 Å². The van der Waals surface area contributed by atoms with Gasteiger partial charge in [-0.05, 0) is 62.2 Å². The number of carbonyl (C=O) groups excluding carboxylic acids is 1. The number of sulfonamides is 1. The molecule has 4 rings (SSSR count). The Labute approximate surface area is 196 Å². The Morgan fingerprint density at radius 1 is 1.03 bits per heavy atom. The van der Waals surface area contributed by atoms with Crippen LogP contribution in [-0.2, 0) is 10.0 Å². The van der Waals surface area contributed by atoms with Gasteiger partial charge in [0.2, 0.25) is 5.88 Å². The van der Waals surface area contributed by atoms with Gasteiger partial charge in [0.05, 0.1) is 18.2 Å². The average molecular weight is 479 g/mol. The Balaban J connectivity index is 1.75. The van der Waals surface area contributed by atoms with Gasteiger partial charge in [-0.1, -0.05) is 23.8 Å². The molecule has 3 aromatic heterocycles. The van der Waals surface area contributed by atoms with Crippen molar-refractivity contribution >= 4 is 21.7 Å². The van der Waals surface area contributed by atoms with Gasteiger partial charge in [-0.25, -0.2) is 14.7 Å². The van der Waals surface area contributed by atoms with Gasteiger partial charge in [-0.3, -0.25) is 4.79 Å². The van der Waals surface area contributed by atoms with Crippen LogP contribution >= 0.6 is 0 Å². The average Bonchev–Trinajstić information content (AvgIpc) is 3.31. The zero-order chi connectivity index (χ0) is 24.5. The Morgan fingerprint density at radius 2 is 1.76 bits per heavy atom. The third-order valence-corrected chi connectivity index (χ3v) is 6.20. The summed E-state index contributed by atoms with van der Waals surface area (Å²) in [6.45, 7) is 5.73. The van der Waals surface area contributed by atoms with Crippen molar-refractivity contribution in [2.75, 3.05) is 5.73 Å². The summed E-state index contributed by atoms with van der Waals surface area (Å²) in [7, 11) is -4.28. The molecule has 0 aliphatic heterocycles. The van der Waals surface area contributed by atoms with Gasteiger partial charge in [-0.15, -0.1) is 0 Å². The predicted molar refractivity (Wildman–Crippen MR) is 126 cm³/mol. The largest absolute Gasteiger partial charge is 0.472 e. The van der Waals surface area contributed by atoms with Crippen molar-refractivity contribution in [1.82, 2.24) is 14.7 Å². The van der Waals surface area contributed by atoms with E-state index in [-0.39, 0.29) is 22.3 Å². The molecule has 3 heterocycles. The van der Waals surface area contributed by atoms with E-state index in [9.17, 15) is 13.2 Å². The first-order valence-electron chi connectivity index (χ1n) is 10.2. The van der Waals surface area contributed by atoms with E-state index in [1.165, 1.54) is 36.8 Å². The molecule has 9 nitrogen and oxygen atoms in total. The van der Waals surface area contributed by atoms with Crippen molar-refractivity contribution in [3.8, 4) is 22.9 Å². The Morgan fingerprint density at radius 3 is 2.41 bits per heavy atom. The van der Waals surface area contributed by atoms with E-state index in [0.717, 1.165) is 16.7 Å². The van der Waals surface area contributed by atoms with Gasteiger partial charge in [0.25, 0.3) is 15.9 Å². The number of nitrogens with one attached hydrogen (secondary N) is 1. The minimum Gasteiger partial charge on any atom is -0.472 e. The Kier molecular flexibility index (Phi) is 6.08. The third kappa shape index (κ3) is 4.76. The SMILES string of the molecule is Cc1cc(C)c(Oc2nc(-c3ccoc3)ccc2C(=O)NS(=O)(=O)c2cccc(N)n2)c(C)c1. The standard InChI is InChI=1S/C24H22N4O5S/c1-14-11-15(2)22(16(3)12-14)33-24-18(7-8-19(26-24)17-9-10-32-13-17)23(29)28-34(30,31)21-6-4-5-20(25)27-21/h4-13H,1-3H3,(H2,25,27)(H,28,29). The number of rotatable bonds is 6. The molecule has 0 atom stereocenters. The summed E-state index contributed by atoms with van der Waals surface area (Å²) in [5.74, 6) is -0.442. The second kappa shape index (κ2) is 8.99. The van der Waals surface area contributed by atoms with Crippen LogP contribution in [-0.4, -0.2) is 24.3 Å². The first kappa shape index (κ1) is 23.0. The van der Waals surface area contributed by atoms with Crippen LogP contribution in [0.5, 0.6) is 11.6 Å². The number of furan rings is 1. The lowest BCUT2D eigenvalue weighted by molar-refractivity contribution is 0.0978. The lowest BCUT2D eigenvalue weighted by Gasteiger charge is -2.15. The molecule has 0 unspecified atom stereocenters. The highest BCUT2D eigenvalue weighted by Crippen LogP contribution is 2.32. The monoisotopic (exact) mass is 478 g/mol. The van der Waals surface area contributed by atoms with Crippen molar-refractivity contribution < 1.29 is 22.4 Å². The van der Waals surface area contributed by atoms with E-state index in [1.54, 1.807) is 12.1 Å². The molecule has 10 heteroatoms. The molecule has 0 saturated carbocycles. The lowest BCUT2D eigenvalue weighted by Crippen LogP contribution is -2.31. The van der Waals surface area contributed by atoms with Crippen LogP contribution in [0.25, 0.3) is 11.3 Å². The molecule has 0 bridgehead atoms. The van der Waals surface area contributed by atoms with E-state index in [0.29, 0.717) is 17.0 Å². The maximum absolute atomic E-state index is 13.1. The molecule has 1 amide bonds. The van der Waals surface area contributed by atoms with Crippen LogP contribution in [0.1, 0.15) is 27.0 Å². The molecule has 0 saturated heterocycles. The number of ether oxygens (including phenoxy) is 1. The molecule has 0 aliphatic carbocycles. The zero-order valence-electron chi connectivity index (χ0n) is 18.7. The van der Waals surface area contributed by atoms with Crippen LogP contribution in [0.15, 0.2) is 70.5 Å². The number of aryl methyl sites for hydroxylation is 3. The fraction of sp³-hybridized carbons (Fsp3) is 0.125. The van der Waals surface area contributed by atoms with E-state index in [2.05, 4.69) is 9.97 Å². The topological polar surface area (TPSA) is 137 Å². The number of carbonyl (C=O) groups is 1. The molecule has 0 aliphatic rings. The molecule has 0 radical (unpaired) electrons. The van der Waals surface area contributed by atoms with E-state index in [4.69, 9.17) is 14.9 Å². The number of pyridine rings is 2. The first-order valence-corrected chi connectivity index (χ1v) is 11.7. The highest BCUT2D eigenvalue weighted by molar-refractivity contribution is 7.90. The molecule has 3 N–H and O–H groups in total. The number of nitrogens with zero attached hydrogens (tertiary/aromatic N) is 2. The predicted octanol–water partition coefficient (Wildman–Crippen LogP) is 4.16. The fourth-order valence-electron chi connectivity index (χ4n) is 3.50. The number of nitrogens with two attached hydrogens (primary N) is 1. The summed E-state index contributed by atoms with van der Waals surface area (Å²) >= 11 is 0. The number of anilines is 1. The van der Waals surface area contributed by atoms with Crippen LogP contribution in [0.4, 0.5) is 5.82 Å². The van der Waals surface area contributed by atoms with Gasteiger partial charge >= 0.3 is 0 Å². The minimum atomic E-state index is -4.28. The number of hydrogen-bond donors (Lipinski definition) is 2. The van der Waals surface area contributed by atoms with Crippen molar-refractivity contribution in [1.29, 1.82) is 0 Å². The molecular formula is C24H22N4O5S. The number of nitrogen functional groups attached to an aromatic ring is 1. The van der Waals surface area contributed by atoms with Crippen LogP contribution in [0.3, 0.4) is 0 Å². The summed E-state index contributed by atoms with van der Waals surface area (Å²) in [6.07, 6.45) is 3.00. The maximum Gasteiger partial charge on any atom is 0.281 e. The fourth-order valence-corrected chi connectivity index (χ4v) is 4.44. The van der Waals surface area contributed by atoms with Crippen molar-refractivity contribution in [2.45, 2.75) is 25.8 Å². The Hall–Kier alpha value is -4.18. The molecule has 4 aromatic rings. The third-order valence-electron chi connectivity index (χ3n) is 4.97. The summed E-state index contributed by atoms with van der Waals surface area (Å²) < 4.78 is 38.7. The summed E-state index contributed by atoms with van der Waals surface area (Å²) in [6, 6.07) is 12.7. The lowest BCUT2D eigenvalue weighted by atomic mass is 10.1. The smallest absolute Gasteiger partial charge is 0.281 e.